The van der Waals surface area contributed by atoms with Gasteiger partial charge in [0.1, 0.15) is 0 Å². The minimum absolute atomic E-state index is 0.122. The van der Waals surface area contributed by atoms with Crippen molar-refractivity contribution in [3.05, 3.63) is 30.3 Å². The molecule has 0 unspecified atom stereocenters. The van der Waals surface area contributed by atoms with Gasteiger partial charge in [0.05, 0.1) is 0 Å². The number of carbonyl (C=O) groups is 1. The number of nitrogens with one attached hydrogen (secondary N) is 2. The smallest absolute Gasteiger partial charge is 0.221 e. The van der Waals surface area contributed by atoms with E-state index in [1.807, 2.05) is 30.3 Å². The molecule has 0 aliphatic heterocycles. The number of hydrogen-bond donors (Lipinski definition) is 2. The fraction of sp³-hybridized carbons (Fsp3) is 0.462. The van der Waals surface area contributed by atoms with Crippen LogP contribution in [0, 0.1) is 0 Å². The van der Waals surface area contributed by atoms with Crippen molar-refractivity contribution in [3.63, 3.8) is 0 Å². The van der Waals surface area contributed by atoms with E-state index in [9.17, 15) is 4.79 Å². The van der Waals surface area contributed by atoms with Crippen LogP contribution < -0.4 is 10.6 Å². The fourth-order valence-electron chi connectivity index (χ4n) is 1.37. The number of anilines is 1. The zero-order valence-corrected chi connectivity index (χ0v) is 9.83. The van der Waals surface area contributed by atoms with Crippen molar-refractivity contribution in [2.45, 2.75) is 26.2 Å². The van der Waals surface area contributed by atoms with Gasteiger partial charge in [0.25, 0.3) is 0 Å². The molecule has 0 spiro atoms. The van der Waals surface area contributed by atoms with Gasteiger partial charge in [-0.05, 0) is 18.6 Å². The minimum atomic E-state index is 0.122. The van der Waals surface area contributed by atoms with Gasteiger partial charge < -0.3 is 10.6 Å². The summed E-state index contributed by atoms with van der Waals surface area (Å²) in [5.74, 6) is 0.122. The molecular formula is C13H20N2O. The van der Waals surface area contributed by atoms with Gasteiger partial charge in [-0.15, -0.1) is 0 Å². The number of hydrogen-bond acceptors (Lipinski definition) is 2. The Labute approximate surface area is 97.2 Å². The first-order chi connectivity index (χ1) is 7.83. The molecule has 0 radical (unpaired) electrons. The van der Waals surface area contributed by atoms with E-state index in [0.717, 1.165) is 25.1 Å². The maximum Gasteiger partial charge on any atom is 0.221 e. The van der Waals surface area contributed by atoms with Gasteiger partial charge in [-0.2, -0.15) is 0 Å². The van der Waals surface area contributed by atoms with Crippen LogP contribution in [0.1, 0.15) is 26.2 Å². The van der Waals surface area contributed by atoms with E-state index in [0.29, 0.717) is 13.0 Å². The largest absolute Gasteiger partial charge is 0.385 e. The Bertz CT molecular complexity index is 298. The zero-order valence-electron chi connectivity index (χ0n) is 9.83. The van der Waals surface area contributed by atoms with Crippen LogP contribution in [-0.2, 0) is 4.79 Å². The maximum atomic E-state index is 11.4. The lowest BCUT2D eigenvalue weighted by Gasteiger charge is -2.06. The summed E-state index contributed by atoms with van der Waals surface area (Å²) >= 11 is 0. The summed E-state index contributed by atoms with van der Waals surface area (Å²) in [5.41, 5.74) is 1.06. The Morgan fingerprint density at radius 1 is 1.19 bits per heavy atom. The van der Waals surface area contributed by atoms with E-state index in [2.05, 4.69) is 17.6 Å². The summed E-state index contributed by atoms with van der Waals surface area (Å²) in [6, 6.07) is 9.92. The predicted molar refractivity (Wildman–Crippen MR) is 67.5 cm³/mol. The van der Waals surface area contributed by atoms with Crippen LogP contribution in [0.15, 0.2) is 30.3 Å². The molecule has 0 atom stereocenters. The molecule has 3 heteroatoms. The molecule has 0 aliphatic carbocycles. The summed E-state index contributed by atoms with van der Waals surface area (Å²) in [4.78, 5) is 11.4. The van der Waals surface area contributed by atoms with Gasteiger partial charge >= 0.3 is 0 Å². The first-order valence-electron chi connectivity index (χ1n) is 5.88. The number of para-hydroxylation sites is 1. The van der Waals surface area contributed by atoms with Crippen LogP contribution >= 0.6 is 0 Å². The topological polar surface area (TPSA) is 41.1 Å². The highest BCUT2D eigenvalue weighted by Crippen LogP contribution is 2.04. The molecular weight excluding hydrogens is 200 g/mol. The molecule has 1 aromatic rings. The molecule has 1 rings (SSSR count). The number of rotatable bonds is 7. The first-order valence-corrected chi connectivity index (χ1v) is 5.88. The van der Waals surface area contributed by atoms with E-state index >= 15 is 0 Å². The molecule has 1 amide bonds. The van der Waals surface area contributed by atoms with E-state index in [1.54, 1.807) is 0 Å². The molecule has 2 N–H and O–H groups in total. The number of amides is 1. The van der Waals surface area contributed by atoms with Gasteiger partial charge in [-0.25, -0.2) is 0 Å². The second-order valence-electron chi connectivity index (χ2n) is 3.75. The number of carbonyl (C=O) groups excluding carboxylic acids is 1. The quantitative estimate of drug-likeness (QED) is 0.693. The maximum absolute atomic E-state index is 11.4. The summed E-state index contributed by atoms with van der Waals surface area (Å²) in [6.07, 6.45) is 2.69. The molecule has 0 heterocycles. The van der Waals surface area contributed by atoms with Crippen molar-refractivity contribution >= 4 is 11.6 Å². The van der Waals surface area contributed by atoms with Crippen molar-refractivity contribution in [3.8, 4) is 0 Å². The van der Waals surface area contributed by atoms with Crippen LogP contribution in [0.25, 0.3) is 0 Å². The fourth-order valence-corrected chi connectivity index (χ4v) is 1.37. The van der Waals surface area contributed by atoms with Gasteiger partial charge in [0.2, 0.25) is 5.91 Å². The van der Waals surface area contributed by atoms with Gasteiger partial charge in [-0.1, -0.05) is 31.5 Å². The van der Waals surface area contributed by atoms with E-state index < -0.39 is 0 Å². The summed E-state index contributed by atoms with van der Waals surface area (Å²) in [7, 11) is 0. The van der Waals surface area contributed by atoms with E-state index in [-0.39, 0.29) is 5.91 Å². The Morgan fingerprint density at radius 2 is 1.94 bits per heavy atom. The Balaban J connectivity index is 2.09. The molecule has 88 valence electrons. The van der Waals surface area contributed by atoms with Crippen LogP contribution in [0.3, 0.4) is 0 Å². The first kappa shape index (κ1) is 12.6. The van der Waals surface area contributed by atoms with Gasteiger partial charge in [0.15, 0.2) is 0 Å². The van der Waals surface area contributed by atoms with Crippen molar-refractivity contribution in [1.29, 1.82) is 0 Å². The molecule has 0 aromatic heterocycles. The van der Waals surface area contributed by atoms with Crippen molar-refractivity contribution < 1.29 is 4.79 Å². The molecule has 0 fully saturated rings. The normalized spacial score (nSPS) is 9.81. The highest BCUT2D eigenvalue weighted by atomic mass is 16.1. The van der Waals surface area contributed by atoms with Crippen molar-refractivity contribution in [1.82, 2.24) is 5.32 Å². The second-order valence-corrected chi connectivity index (χ2v) is 3.75. The van der Waals surface area contributed by atoms with Crippen molar-refractivity contribution in [2.24, 2.45) is 0 Å². The number of unbranched alkanes of at least 4 members (excludes halogenated alkanes) is 1. The lowest BCUT2D eigenvalue weighted by Crippen LogP contribution is -2.26. The summed E-state index contributed by atoms with van der Waals surface area (Å²) in [6.45, 7) is 3.59. The lowest BCUT2D eigenvalue weighted by molar-refractivity contribution is -0.120. The van der Waals surface area contributed by atoms with Crippen molar-refractivity contribution in [2.75, 3.05) is 18.4 Å². The van der Waals surface area contributed by atoms with Crippen LogP contribution in [-0.4, -0.2) is 19.0 Å². The number of benzene rings is 1. The average molecular weight is 220 g/mol. The Morgan fingerprint density at radius 3 is 2.62 bits per heavy atom. The SMILES string of the molecule is CCCCNC(=O)CCNc1ccccc1. The van der Waals surface area contributed by atoms with E-state index in [1.165, 1.54) is 0 Å². The monoisotopic (exact) mass is 220 g/mol. The third-order valence-corrected chi connectivity index (χ3v) is 2.31. The lowest BCUT2D eigenvalue weighted by atomic mass is 10.3. The van der Waals surface area contributed by atoms with Crippen LogP contribution in [0.2, 0.25) is 0 Å². The standard InChI is InChI=1S/C13H20N2O/c1-2-3-10-15-13(16)9-11-14-12-7-5-4-6-8-12/h4-8,14H,2-3,9-11H2,1H3,(H,15,16). The molecule has 0 aliphatic rings. The average Bonchev–Trinajstić information content (AvgIpc) is 2.31. The van der Waals surface area contributed by atoms with Crippen LogP contribution in [0.4, 0.5) is 5.69 Å². The van der Waals surface area contributed by atoms with Gasteiger partial charge in [0, 0.05) is 25.2 Å². The Kier molecular flexibility index (Phi) is 6.07. The molecule has 0 saturated carbocycles. The summed E-state index contributed by atoms with van der Waals surface area (Å²) in [5, 5.41) is 6.10. The highest BCUT2D eigenvalue weighted by molar-refractivity contribution is 5.76. The molecule has 0 bridgehead atoms. The third kappa shape index (κ3) is 5.39. The third-order valence-electron chi connectivity index (χ3n) is 2.31. The predicted octanol–water partition coefficient (Wildman–Crippen LogP) is 2.40. The Hall–Kier alpha value is -1.51. The van der Waals surface area contributed by atoms with Crippen LogP contribution in [0.5, 0.6) is 0 Å². The minimum Gasteiger partial charge on any atom is -0.385 e. The molecule has 1 aromatic carbocycles. The second kappa shape index (κ2) is 7.74. The molecule has 3 nitrogen and oxygen atoms in total. The zero-order chi connectivity index (χ0) is 11.6. The molecule has 0 saturated heterocycles. The highest BCUT2D eigenvalue weighted by Gasteiger charge is 1.99. The summed E-state index contributed by atoms with van der Waals surface area (Å²) < 4.78 is 0. The molecule has 16 heavy (non-hydrogen) atoms. The van der Waals surface area contributed by atoms with E-state index in [4.69, 9.17) is 0 Å². The van der Waals surface area contributed by atoms with Gasteiger partial charge in [-0.3, -0.25) is 4.79 Å².